The zero-order chi connectivity index (χ0) is 15.4. The van der Waals surface area contributed by atoms with Crippen LogP contribution in [0.2, 0.25) is 0 Å². The topological polar surface area (TPSA) is 46.3 Å². The number of halogens is 1. The lowest BCUT2D eigenvalue weighted by Gasteiger charge is -2.39. The van der Waals surface area contributed by atoms with Crippen molar-refractivity contribution in [1.29, 1.82) is 0 Å². The standard InChI is InChI=1S/C17H25BrN2O/c1-3-20(16-7-5-4-6-13(16)11-19)17(21)15-9-8-14(18)10-12(15)2/h8-10,13,16H,3-7,11,19H2,1-2H3. The van der Waals surface area contributed by atoms with E-state index in [2.05, 4.69) is 22.9 Å². The van der Waals surface area contributed by atoms with Crippen LogP contribution >= 0.6 is 15.9 Å². The third kappa shape index (κ3) is 3.67. The summed E-state index contributed by atoms with van der Waals surface area (Å²) < 4.78 is 1.01. The molecule has 0 aromatic heterocycles. The second kappa shape index (κ2) is 7.41. The van der Waals surface area contributed by atoms with E-state index in [0.29, 0.717) is 18.5 Å². The van der Waals surface area contributed by atoms with Gasteiger partial charge < -0.3 is 10.6 Å². The summed E-state index contributed by atoms with van der Waals surface area (Å²) in [6.45, 7) is 5.48. The van der Waals surface area contributed by atoms with Crippen molar-refractivity contribution in [2.75, 3.05) is 13.1 Å². The quantitative estimate of drug-likeness (QED) is 0.896. The molecule has 1 amide bonds. The molecule has 2 rings (SSSR count). The summed E-state index contributed by atoms with van der Waals surface area (Å²) in [6.07, 6.45) is 4.66. The molecule has 0 aliphatic heterocycles. The Morgan fingerprint density at radius 1 is 1.38 bits per heavy atom. The van der Waals surface area contributed by atoms with E-state index in [4.69, 9.17) is 5.73 Å². The molecule has 0 heterocycles. The normalized spacial score (nSPS) is 22.1. The Bertz CT molecular complexity index is 504. The molecule has 1 saturated carbocycles. The van der Waals surface area contributed by atoms with Gasteiger partial charge in [-0.3, -0.25) is 4.79 Å². The van der Waals surface area contributed by atoms with E-state index in [-0.39, 0.29) is 5.91 Å². The van der Waals surface area contributed by atoms with Crippen molar-refractivity contribution >= 4 is 21.8 Å². The maximum Gasteiger partial charge on any atom is 0.254 e. The first-order chi connectivity index (χ1) is 10.1. The molecule has 1 aromatic rings. The van der Waals surface area contributed by atoms with Crippen LogP contribution < -0.4 is 5.73 Å². The fraction of sp³-hybridized carbons (Fsp3) is 0.588. The number of hydrogen-bond acceptors (Lipinski definition) is 2. The largest absolute Gasteiger partial charge is 0.336 e. The maximum atomic E-state index is 12.9. The lowest BCUT2D eigenvalue weighted by molar-refractivity contribution is 0.0559. The molecule has 1 aliphatic rings. The van der Waals surface area contributed by atoms with Crippen LogP contribution in [0.5, 0.6) is 0 Å². The highest BCUT2D eigenvalue weighted by Crippen LogP contribution is 2.29. The highest BCUT2D eigenvalue weighted by Gasteiger charge is 2.32. The van der Waals surface area contributed by atoms with Gasteiger partial charge in [0.05, 0.1) is 0 Å². The van der Waals surface area contributed by atoms with E-state index in [1.54, 1.807) is 0 Å². The minimum absolute atomic E-state index is 0.146. The maximum absolute atomic E-state index is 12.9. The molecule has 1 aromatic carbocycles. The smallest absolute Gasteiger partial charge is 0.254 e. The Morgan fingerprint density at radius 2 is 2.10 bits per heavy atom. The van der Waals surface area contributed by atoms with Crippen molar-refractivity contribution in [2.24, 2.45) is 11.7 Å². The van der Waals surface area contributed by atoms with E-state index in [1.807, 2.05) is 30.0 Å². The van der Waals surface area contributed by atoms with Crippen LogP contribution in [0.15, 0.2) is 22.7 Å². The van der Waals surface area contributed by atoms with E-state index < -0.39 is 0 Å². The molecule has 1 fully saturated rings. The molecule has 0 spiro atoms. The van der Waals surface area contributed by atoms with E-state index in [0.717, 1.165) is 35.0 Å². The average Bonchev–Trinajstić information content (AvgIpc) is 2.48. The van der Waals surface area contributed by atoms with Crippen LogP contribution in [0.25, 0.3) is 0 Å². The van der Waals surface area contributed by atoms with Gasteiger partial charge in [-0.05, 0) is 62.9 Å². The molecule has 21 heavy (non-hydrogen) atoms. The van der Waals surface area contributed by atoms with Crippen LogP contribution in [0.4, 0.5) is 0 Å². The molecule has 2 unspecified atom stereocenters. The number of nitrogens with two attached hydrogens (primary N) is 1. The summed E-state index contributed by atoms with van der Waals surface area (Å²) in [7, 11) is 0. The summed E-state index contributed by atoms with van der Waals surface area (Å²) in [5.41, 5.74) is 7.76. The number of carbonyl (C=O) groups excluding carboxylic acids is 1. The van der Waals surface area contributed by atoms with Gasteiger partial charge in [-0.25, -0.2) is 0 Å². The number of nitrogens with zero attached hydrogens (tertiary/aromatic N) is 1. The lowest BCUT2D eigenvalue weighted by atomic mass is 9.83. The summed E-state index contributed by atoms with van der Waals surface area (Å²) >= 11 is 3.46. The monoisotopic (exact) mass is 352 g/mol. The number of rotatable bonds is 4. The van der Waals surface area contributed by atoms with Crippen molar-refractivity contribution in [3.05, 3.63) is 33.8 Å². The van der Waals surface area contributed by atoms with Gasteiger partial charge in [0.25, 0.3) is 5.91 Å². The van der Waals surface area contributed by atoms with Gasteiger partial charge in [0, 0.05) is 22.6 Å². The number of aryl methyl sites for hydroxylation is 1. The molecule has 0 bridgehead atoms. The molecule has 2 atom stereocenters. The molecule has 116 valence electrons. The molecular formula is C17H25BrN2O. The first kappa shape index (κ1) is 16.5. The van der Waals surface area contributed by atoms with E-state index >= 15 is 0 Å². The van der Waals surface area contributed by atoms with Crippen molar-refractivity contribution in [1.82, 2.24) is 4.90 Å². The van der Waals surface area contributed by atoms with Gasteiger partial charge in [-0.2, -0.15) is 0 Å². The fourth-order valence-corrected chi connectivity index (χ4v) is 3.90. The van der Waals surface area contributed by atoms with Gasteiger partial charge >= 0.3 is 0 Å². The number of amides is 1. The average molecular weight is 353 g/mol. The van der Waals surface area contributed by atoms with E-state index in [1.165, 1.54) is 12.8 Å². The Hall–Kier alpha value is -0.870. The zero-order valence-electron chi connectivity index (χ0n) is 12.9. The van der Waals surface area contributed by atoms with Crippen LogP contribution in [0.1, 0.15) is 48.5 Å². The second-order valence-corrected chi connectivity index (χ2v) is 6.81. The highest BCUT2D eigenvalue weighted by molar-refractivity contribution is 9.10. The molecule has 3 nitrogen and oxygen atoms in total. The number of carbonyl (C=O) groups is 1. The van der Waals surface area contributed by atoms with Gasteiger partial charge in [0.15, 0.2) is 0 Å². The molecule has 4 heteroatoms. The highest BCUT2D eigenvalue weighted by atomic mass is 79.9. The van der Waals surface area contributed by atoms with Gasteiger partial charge in [-0.1, -0.05) is 28.8 Å². The van der Waals surface area contributed by atoms with Crippen LogP contribution in [-0.2, 0) is 0 Å². The van der Waals surface area contributed by atoms with Crippen LogP contribution in [-0.4, -0.2) is 29.9 Å². The SMILES string of the molecule is CCN(C(=O)c1ccc(Br)cc1C)C1CCCCC1CN. The summed E-state index contributed by atoms with van der Waals surface area (Å²) in [4.78, 5) is 15.0. The van der Waals surface area contributed by atoms with Crippen molar-refractivity contribution in [3.63, 3.8) is 0 Å². The van der Waals surface area contributed by atoms with Gasteiger partial charge in [0.2, 0.25) is 0 Å². The fourth-order valence-electron chi connectivity index (χ4n) is 3.42. The number of benzene rings is 1. The summed E-state index contributed by atoms with van der Waals surface area (Å²) in [6, 6.07) is 6.16. The third-order valence-corrected chi connectivity index (χ3v) is 5.09. The van der Waals surface area contributed by atoms with Gasteiger partial charge in [0.1, 0.15) is 0 Å². The lowest BCUT2D eigenvalue weighted by Crippen LogP contribution is -2.48. The van der Waals surface area contributed by atoms with Crippen molar-refractivity contribution < 1.29 is 4.79 Å². The Labute approximate surface area is 136 Å². The molecular weight excluding hydrogens is 328 g/mol. The summed E-state index contributed by atoms with van der Waals surface area (Å²) in [5.74, 6) is 0.589. The molecule has 1 aliphatic carbocycles. The van der Waals surface area contributed by atoms with E-state index in [9.17, 15) is 4.79 Å². The Morgan fingerprint density at radius 3 is 2.71 bits per heavy atom. The number of hydrogen-bond donors (Lipinski definition) is 1. The van der Waals surface area contributed by atoms with Crippen molar-refractivity contribution in [2.45, 2.75) is 45.6 Å². The first-order valence-corrected chi connectivity index (χ1v) is 8.65. The Kier molecular flexibility index (Phi) is 5.82. The second-order valence-electron chi connectivity index (χ2n) is 5.90. The zero-order valence-corrected chi connectivity index (χ0v) is 14.5. The van der Waals surface area contributed by atoms with Gasteiger partial charge in [-0.15, -0.1) is 0 Å². The molecule has 2 N–H and O–H groups in total. The minimum atomic E-state index is 0.146. The molecule has 0 saturated heterocycles. The third-order valence-electron chi connectivity index (χ3n) is 4.59. The van der Waals surface area contributed by atoms with Crippen molar-refractivity contribution in [3.8, 4) is 0 Å². The summed E-state index contributed by atoms with van der Waals surface area (Å²) in [5, 5.41) is 0. The minimum Gasteiger partial charge on any atom is -0.336 e. The van der Waals surface area contributed by atoms with Crippen LogP contribution in [0, 0.1) is 12.8 Å². The molecule has 0 radical (unpaired) electrons. The Balaban J connectivity index is 2.25. The first-order valence-electron chi connectivity index (χ1n) is 7.85. The van der Waals surface area contributed by atoms with Crippen LogP contribution in [0.3, 0.4) is 0 Å². The predicted octanol–water partition coefficient (Wildman–Crippen LogP) is 3.74. The predicted molar refractivity (Wildman–Crippen MR) is 90.4 cm³/mol.